The van der Waals surface area contributed by atoms with Crippen molar-refractivity contribution >= 4 is 23.2 Å². The van der Waals surface area contributed by atoms with E-state index in [1.165, 1.54) is 11.3 Å². The number of carbonyl (C=O) groups is 2. The standard InChI is InChI=1S/C9H9NO3S/c11-8(3-4-9(12)13)10-6-7-2-1-5-14-7/h1-5H,6H2,(H,10,11)(H,12,13)/b4-3+. The Morgan fingerprint density at radius 2 is 2.29 bits per heavy atom. The first kappa shape index (κ1) is 10.5. The lowest BCUT2D eigenvalue weighted by atomic mass is 10.4. The van der Waals surface area contributed by atoms with E-state index >= 15 is 0 Å². The van der Waals surface area contributed by atoms with Gasteiger partial charge in [0.15, 0.2) is 0 Å². The van der Waals surface area contributed by atoms with Crippen molar-refractivity contribution in [2.45, 2.75) is 6.54 Å². The molecule has 5 heteroatoms. The molecule has 0 saturated heterocycles. The van der Waals surface area contributed by atoms with Crippen molar-refractivity contribution in [1.29, 1.82) is 0 Å². The van der Waals surface area contributed by atoms with Crippen LogP contribution in [0.3, 0.4) is 0 Å². The normalized spacial score (nSPS) is 10.3. The second-order valence-corrected chi connectivity index (χ2v) is 3.50. The summed E-state index contributed by atoms with van der Waals surface area (Å²) in [6.45, 7) is 0.431. The van der Waals surface area contributed by atoms with E-state index in [4.69, 9.17) is 5.11 Å². The van der Waals surface area contributed by atoms with Gasteiger partial charge in [-0.1, -0.05) is 6.07 Å². The zero-order valence-corrected chi connectivity index (χ0v) is 8.08. The second kappa shape index (κ2) is 5.18. The Morgan fingerprint density at radius 1 is 1.50 bits per heavy atom. The molecule has 1 amide bonds. The molecule has 0 radical (unpaired) electrons. The minimum Gasteiger partial charge on any atom is -0.478 e. The number of nitrogens with one attached hydrogen (secondary N) is 1. The van der Waals surface area contributed by atoms with Crippen molar-refractivity contribution in [2.75, 3.05) is 0 Å². The fourth-order valence-electron chi connectivity index (χ4n) is 0.793. The van der Waals surface area contributed by atoms with Gasteiger partial charge in [0.05, 0.1) is 6.54 Å². The van der Waals surface area contributed by atoms with Crippen LogP contribution in [0.2, 0.25) is 0 Å². The largest absolute Gasteiger partial charge is 0.478 e. The van der Waals surface area contributed by atoms with Gasteiger partial charge in [0, 0.05) is 17.0 Å². The average molecular weight is 211 g/mol. The van der Waals surface area contributed by atoms with E-state index in [1.54, 1.807) is 0 Å². The Kier molecular flexibility index (Phi) is 3.87. The molecule has 0 fully saturated rings. The molecule has 0 aromatic carbocycles. The summed E-state index contributed by atoms with van der Waals surface area (Å²) in [6, 6.07) is 3.78. The number of hydrogen-bond acceptors (Lipinski definition) is 3. The summed E-state index contributed by atoms with van der Waals surface area (Å²) in [4.78, 5) is 22.1. The van der Waals surface area contributed by atoms with Gasteiger partial charge in [0.1, 0.15) is 0 Å². The molecular weight excluding hydrogens is 202 g/mol. The highest BCUT2D eigenvalue weighted by Gasteiger charge is 1.97. The molecule has 74 valence electrons. The summed E-state index contributed by atoms with van der Waals surface area (Å²) in [5.41, 5.74) is 0. The van der Waals surface area contributed by atoms with Crippen LogP contribution >= 0.6 is 11.3 Å². The third-order valence-electron chi connectivity index (χ3n) is 1.39. The molecule has 0 atom stereocenters. The predicted molar refractivity (Wildman–Crippen MR) is 52.9 cm³/mol. The van der Waals surface area contributed by atoms with Crippen molar-refractivity contribution in [3.63, 3.8) is 0 Å². The fourth-order valence-corrected chi connectivity index (χ4v) is 1.44. The van der Waals surface area contributed by atoms with Crippen LogP contribution in [-0.2, 0) is 16.1 Å². The molecule has 4 nitrogen and oxygen atoms in total. The molecule has 1 aromatic heterocycles. The van der Waals surface area contributed by atoms with Crippen LogP contribution in [0.25, 0.3) is 0 Å². The summed E-state index contributed by atoms with van der Waals surface area (Å²) >= 11 is 1.53. The quantitative estimate of drug-likeness (QED) is 0.730. The Morgan fingerprint density at radius 3 is 2.86 bits per heavy atom. The van der Waals surface area contributed by atoms with Crippen molar-refractivity contribution in [3.05, 3.63) is 34.5 Å². The first-order chi connectivity index (χ1) is 6.68. The van der Waals surface area contributed by atoms with E-state index in [1.807, 2.05) is 17.5 Å². The highest BCUT2D eigenvalue weighted by Crippen LogP contribution is 2.06. The minimum atomic E-state index is -1.13. The number of rotatable bonds is 4. The lowest BCUT2D eigenvalue weighted by molar-refractivity contribution is -0.131. The van der Waals surface area contributed by atoms with Crippen LogP contribution in [0.15, 0.2) is 29.7 Å². The molecule has 1 heterocycles. The first-order valence-corrected chi connectivity index (χ1v) is 4.77. The summed E-state index contributed by atoms with van der Waals surface area (Å²) < 4.78 is 0. The number of carboxylic acid groups (broad SMARTS) is 1. The molecule has 1 rings (SSSR count). The third kappa shape index (κ3) is 3.86. The van der Waals surface area contributed by atoms with Crippen molar-refractivity contribution in [2.24, 2.45) is 0 Å². The molecule has 0 saturated carbocycles. The summed E-state index contributed by atoms with van der Waals surface area (Å²) in [7, 11) is 0. The molecule has 0 aliphatic heterocycles. The first-order valence-electron chi connectivity index (χ1n) is 3.89. The number of amides is 1. The van der Waals surface area contributed by atoms with Gasteiger partial charge >= 0.3 is 5.97 Å². The molecule has 14 heavy (non-hydrogen) atoms. The topological polar surface area (TPSA) is 66.4 Å². The molecule has 0 aliphatic rings. The van der Waals surface area contributed by atoms with Crippen LogP contribution in [0.1, 0.15) is 4.88 Å². The lowest BCUT2D eigenvalue weighted by Crippen LogP contribution is -2.19. The molecule has 0 aliphatic carbocycles. The number of carbonyl (C=O) groups excluding carboxylic acids is 1. The zero-order chi connectivity index (χ0) is 10.4. The maximum Gasteiger partial charge on any atom is 0.328 e. The van der Waals surface area contributed by atoms with Gasteiger partial charge in [0.25, 0.3) is 0 Å². The van der Waals surface area contributed by atoms with Crippen LogP contribution in [0, 0.1) is 0 Å². The molecule has 1 aromatic rings. The number of carboxylic acids is 1. The maximum atomic E-state index is 11.0. The van der Waals surface area contributed by atoms with E-state index < -0.39 is 11.9 Å². The van der Waals surface area contributed by atoms with E-state index in [9.17, 15) is 9.59 Å². The van der Waals surface area contributed by atoms with Crippen molar-refractivity contribution in [3.8, 4) is 0 Å². The van der Waals surface area contributed by atoms with Gasteiger partial charge in [0.2, 0.25) is 5.91 Å². The van der Waals surface area contributed by atoms with Gasteiger partial charge < -0.3 is 10.4 Å². The van der Waals surface area contributed by atoms with E-state index in [-0.39, 0.29) is 0 Å². The van der Waals surface area contributed by atoms with Gasteiger partial charge in [-0.05, 0) is 11.4 Å². The van der Waals surface area contributed by atoms with E-state index in [0.29, 0.717) is 6.54 Å². The Balaban J connectivity index is 2.32. The van der Waals surface area contributed by atoms with E-state index in [2.05, 4.69) is 5.32 Å². The number of thiophene rings is 1. The minimum absolute atomic E-state index is 0.402. The van der Waals surface area contributed by atoms with E-state index in [0.717, 1.165) is 17.0 Å². The van der Waals surface area contributed by atoms with Crippen LogP contribution in [0.4, 0.5) is 0 Å². The summed E-state index contributed by atoms with van der Waals surface area (Å²) in [6.07, 6.45) is 1.81. The van der Waals surface area contributed by atoms with Gasteiger partial charge in [-0.25, -0.2) is 4.79 Å². The van der Waals surface area contributed by atoms with Crippen molar-refractivity contribution < 1.29 is 14.7 Å². The number of aliphatic carboxylic acids is 1. The lowest BCUT2D eigenvalue weighted by Gasteiger charge is -1.97. The van der Waals surface area contributed by atoms with Crippen LogP contribution < -0.4 is 5.32 Å². The Hall–Kier alpha value is -1.62. The average Bonchev–Trinajstić information content (AvgIpc) is 2.63. The van der Waals surface area contributed by atoms with Crippen LogP contribution in [-0.4, -0.2) is 17.0 Å². The van der Waals surface area contributed by atoms with Crippen LogP contribution in [0.5, 0.6) is 0 Å². The second-order valence-electron chi connectivity index (χ2n) is 2.47. The zero-order valence-electron chi connectivity index (χ0n) is 7.27. The molecular formula is C9H9NO3S. The molecule has 2 N–H and O–H groups in total. The monoisotopic (exact) mass is 211 g/mol. The Bertz CT molecular complexity index is 343. The van der Waals surface area contributed by atoms with Crippen molar-refractivity contribution in [1.82, 2.24) is 5.32 Å². The fraction of sp³-hybridized carbons (Fsp3) is 0.111. The summed E-state index contributed by atoms with van der Waals surface area (Å²) in [5.74, 6) is -1.53. The number of hydrogen-bond donors (Lipinski definition) is 2. The Labute approximate surface area is 84.9 Å². The smallest absolute Gasteiger partial charge is 0.328 e. The predicted octanol–water partition coefficient (Wildman–Crippen LogP) is 1.01. The highest BCUT2D eigenvalue weighted by molar-refractivity contribution is 7.09. The third-order valence-corrected chi connectivity index (χ3v) is 2.27. The SMILES string of the molecule is O=C(O)/C=C/C(=O)NCc1cccs1. The van der Waals surface area contributed by atoms with Gasteiger partial charge in [-0.15, -0.1) is 11.3 Å². The van der Waals surface area contributed by atoms with Gasteiger partial charge in [-0.3, -0.25) is 4.79 Å². The molecule has 0 unspecified atom stereocenters. The van der Waals surface area contributed by atoms with Gasteiger partial charge in [-0.2, -0.15) is 0 Å². The highest BCUT2D eigenvalue weighted by atomic mass is 32.1. The maximum absolute atomic E-state index is 11.0. The molecule has 0 spiro atoms. The summed E-state index contributed by atoms with van der Waals surface area (Å²) in [5, 5.41) is 12.7. The molecule has 0 bridgehead atoms.